The van der Waals surface area contributed by atoms with E-state index in [-0.39, 0.29) is 17.3 Å². The molecule has 0 saturated carbocycles. The van der Waals surface area contributed by atoms with Crippen LogP contribution in [0.4, 0.5) is 5.88 Å². The van der Waals surface area contributed by atoms with Gasteiger partial charge >= 0.3 is 0 Å². The Kier molecular flexibility index (Phi) is 4.41. The second-order valence-corrected chi connectivity index (χ2v) is 4.05. The molecule has 1 heterocycles. The highest BCUT2D eigenvalue weighted by Gasteiger charge is 2.10. The molecule has 0 spiro atoms. The van der Waals surface area contributed by atoms with Crippen molar-refractivity contribution in [3.8, 4) is 17.6 Å². The number of rotatable bonds is 5. The molecule has 0 fully saturated rings. The first-order chi connectivity index (χ1) is 10.2. The lowest BCUT2D eigenvalue weighted by Crippen LogP contribution is -1.92. The van der Waals surface area contributed by atoms with Crippen molar-refractivity contribution in [1.29, 1.82) is 5.26 Å². The minimum Gasteiger partial charge on any atom is -0.504 e. The number of nitriles is 1. The Morgan fingerprint density at radius 2 is 2.38 bits per heavy atom. The minimum absolute atomic E-state index is 0.0530. The van der Waals surface area contributed by atoms with Crippen LogP contribution < -0.4 is 10.2 Å². The first-order valence-electron chi connectivity index (χ1n) is 6.23. The summed E-state index contributed by atoms with van der Waals surface area (Å²) < 4.78 is 10.3. The summed E-state index contributed by atoms with van der Waals surface area (Å²) in [6, 6.07) is 6.74. The van der Waals surface area contributed by atoms with Gasteiger partial charge in [-0.25, -0.2) is 10.4 Å². The number of aryl methyl sites for hydroxylation is 1. The van der Waals surface area contributed by atoms with Gasteiger partial charge in [0.2, 0.25) is 5.69 Å². The summed E-state index contributed by atoms with van der Waals surface area (Å²) in [4.78, 5) is 3.99. The molecule has 0 aliphatic heterocycles. The first kappa shape index (κ1) is 14.4. The number of anilines is 1. The van der Waals surface area contributed by atoms with Crippen molar-refractivity contribution in [2.45, 2.75) is 13.3 Å². The molecule has 0 amide bonds. The number of hydrogen-bond donors (Lipinski definition) is 2. The van der Waals surface area contributed by atoms with E-state index in [4.69, 9.17) is 14.4 Å². The molecule has 0 saturated heterocycles. The van der Waals surface area contributed by atoms with Gasteiger partial charge in [0.15, 0.2) is 17.4 Å². The summed E-state index contributed by atoms with van der Waals surface area (Å²) in [5.74, 6) is 1.08. The van der Waals surface area contributed by atoms with Gasteiger partial charge in [-0.2, -0.15) is 10.4 Å². The maximum Gasteiger partial charge on any atom is 0.252 e. The minimum atomic E-state index is 0.0530. The molecule has 2 rings (SSSR count). The fraction of sp³-hybridized carbons (Fsp3) is 0.214. The van der Waals surface area contributed by atoms with Crippen LogP contribution in [0.15, 0.2) is 27.7 Å². The molecular formula is C14H14N4O3. The number of ether oxygens (including phenoxy) is 1. The van der Waals surface area contributed by atoms with E-state index in [1.807, 2.05) is 13.0 Å². The molecule has 0 bridgehead atoms. The summed E-state index contributed by atoms with van der Waals surface area (Å²) in [5, 5.41) is 22.4. The number of aromatic nitrogens is 1. The van der Waals surface area contributed by atoms with Gasteiger partial charge in [0.25, 0.3) is 5.88 Å². The van der Waals surface area contributed by atoms with Crippen molar-refractivity contribution >= 4 is 12.1 Å². The third-order valence-electron chi connectivity index (χ3n) is 2.66. The first-order valence-corrected chi connectivity index (χ1v) is 6.23. The lowest BCUT2D eigenvalue weighted by atomic mass is 10.2. The van der Waals surface area contributed by atoms with Gasteiger partial charge in [-0.3, -0.25) is 0 Å². The van der Waals surface area contributed by atoms with Crippen LogP contribution in [0.3, 0.4) is 0 Å². The largest absolute Gasteiger partial charge is 0.504 e. The summed E-state index contributed by atoms with van der Waals surface area (Å²) in [6.07, 6.45) is 2.10. The van der Waals surface area contributed by atoms with Crippen molar-refractivity contribution in [2.75, 3.05) is 12.5 Å². The number of phenolic OH excluding ortho intramolecular Hbond substituents is 1. The molecule has 21 heavy (non-hydrogen) atoms. The third kappa shape index (κ3) is 3.30. The zero-order valence-electron chi connectivity index (χ0n) is 11.6. The van der Waals surface area contributed by atoms with E-state index in [9.17, 15) is 5.11 Å². The van der Waals surface area contributed by atoms with E-state index >= 15 is 0 Å². The van der Waals surface area contributed by atoms with Gasteiger partial charge in [0, 0.05) is 6.42 Å². The molecule has 2 N–H and O–H groups in total. The Balaban J connectivity index is 2.12. The molecule has 0 aliphatic rings. The van der Waals surface area contributed by atoms with Crippen LogP contribution >= 0.6 is 0 Å². The third-order valence-corrected chi connectivity index (χ3v) is 2.66. The molecule has 2 aromatic rings. The van der Waals surface area contributed by atoms with Crippen molar-refractivity contribution < 1.29 is 14.3 Å². The molecule has 0 aliphatic carbocycles. The quantitative estimate of drug-likeness (QED) is 0.645. The number of phenols is 1. The zero-order valence-corrected chi connectivity index (χ0v) is 11.6. The summed E-state index contributed by atoms with van der Waals surface area (Å²) in [7, 11) is 1.47. The molecular weight excluding hydrogens is 272 g/mol. The number of benzene rings is 1. The van der Waals surface area contributed by atoms with E-state index in [0.717, 1.165) is 0 Å². The zero-order chi connectivity index (χ0) is 15.2. The second kappa shape index (κ2) is 6.43. The van der Waals surface area contributed by atoms with Gasteiger partial charge in [-0.05, 0) is 23.8 Å². The van der Waals surface area contributed by atoms with Crippen LogP contribution in [0.1, 0.15) is 24.1 Å². The van der Waals surface area contributed by atoms with E-state index in [2.05, 4.69) is 15.5 Å². The number of oxazole rings is 1. The van der Waals surface area contributed by atoms with E-state index in [1.54, 1.807) is 12.1 Å². The molecule has 1 aromatic carbocycles. The fourth-order valence-corrected chi connectivity index (χ4v) is 1.61. The van der Waals surface area contributed by atoms with Crippen LogP contribution in [0, 0.1) is 11.3 Å². The number of nitrogens with one attached hydrogen (secondary N) is 1. The molecule has 1 aromatic heterocycles. The van der Waals surface area contributed by atoms with Gasteiger partial charge in [0.05, 0.1) is 13.3 Å². The van der Waals surface area contributed by atoms with Crippen molar-refractivity contribution in [3.63, 3.8) is 0 Å². The van der Waals surface area contributed by atoms with Crippen LogP contribution in [0.5, 0.6) is 11.5 Å². The number of nitrogens with zero attached hydrogens (tertiary/aromatic N) is 3. The molecule has 108 valence electrons. The predicted octanol–water partition coefficient (Wildman–Crippen LogP) is 2.27. The van der Waals surface area contributed by atoms with Gasteiger partial charge < -0.3 is 14.3 Å². The Bertz CT molecular complexity index is 701. The Labute approximate surface area is 121 Å². The van der Waals surface area contributed by atoms with Gasteiger partial charge in [-0.15, -0.1) is 0 Å². The normalized spacial score (nSPS) is 10.5. The number of hydrogen-bond acceptors (Lipinski definition) is 7. The summed E-state index contributed by atoms with van der Waals surface area (Å²) in [6.45, 7) is 1.88. The van der Waals surface area contributed by atoms with Gasteiger partial charge in [0.1, 0.15) is 6.07 Å². The number of hydrazone groups is 1. The highest BCUT2D eigenvalue weighted by atomic mass is 16.5. The van der Waals surface area contributed by atoms with Gasteiger partial charge in [-0.1, -0.05) is 6.92 Å². The highest BCUT2D eigenvalue weighted by molar-refractivity contribution is 5.81. The smallest absolute Gasteiger partial charge is 0.252 e. The van der Waals surface area contributed by atoms with E-state index in [1.165, 1.54) is 19.4 Å². The SMILES string of the molecule is CCc1nc(C#N)c(NN=Cc2ccc(O)c(OC)c2)o1. The maximum absolute atomic E-state index is 9.49. The van der Waals surface area contributed by atoms with Crippen molar-refractivity contribution in [2.24, 2.45) is 5.10 Å². The Hall–Kier alpha value is -3.01. The molecule has 7 nitrogen and oxygen atoms in total. The van der Waals surface area contributed by atoms with Crippen molar-refractivity contribution in [3.05, 3.63) is 35.3 Å². The lowest BCUT2D eigenvalue weighted by molar-refractivity contribution is 0.373. The van der Waals surface area contributed by atoms with Crippen LogP contribution in [-0.4, -0.2) is 23.4 Å². The van der Waals surface area contributed by atoms with Crippen LogP contribution in [0.2, 0.25) is 0 Å². The number of methoxy groups -OCH3 is 1. The van der Waals surface area contributed by atoms with Crippen molar-refractivity contribution in [1.82, 2.24) is 4.98 Å². The lowest BCUT2D eigenvalue weighted by Gasteiger charge is -2.03. The molecule has 0 radical (unpaired) electrons. The topological polar surface area (TPSA) is 104 Å². The second-order valence-electron chi connectivity index (χ2n) is 4.05. The van der Waals surface area contributed by atoms with Crippen LogP contribution in [-0.2, 0) is 6.42 Å². The maximum atomic E-state index is 9.49. The highest BCUT2D eigenvalue weighted by Crippen LogP contribution is 2.25. The number of aromatic hydroxyl groups is 1. The summed E-state index contributed by atoms with van der Waals surface area (Å²) in [5.41, 5.74) is 3.51. The fourth-order valence-electron chi connectivity index (χ4n) is 1.61. The molecule has 0 atom stereocenters. The predicted molar refractivity (Wildman–Crippen MR) is 76.5 cm³/mol. The van der Waals surface area contributed by atoms with E-state index in [0.29, 0.717) is 23.6 Å². The average molecular weight is 286 g/mol. The average Bonchev–Trinajstić information content (AvgIpc) is 2.91. The monoisotopic (exact) mass is 286 g/mol. The molecule has 0 unspecified atom stereocenters. The van der Waals surface area contributed by atoms with Crippen LogP contribution in [0.25, 0.3) is 0 Å². The standard InChI is InChI=1S/C14H14N4O3/c1-3-13-17-10(7-15)14(21-13)18-16-8-9-4-5-11(19)12(6-9)20-2/h4-6,8,18-19H,3H2,1-2H3. The Morgan fingerprint density at radius 3 is 3.05 bits per heavy atom. The molecule has 7 heteroatoms. The summed E-state index contributed by atoms with van der Waals surface area (Å²) >= 11 is 0. The van der Waals surface area contributed by atoms with E-state index < -0.39 is 0 Å². The Morgan fingerprint density at radius 1 is 1.57 bits per heavy atom.